The molecule has 0 saturated carbocycles. The lowest BCUT2D eigenvalue weighted by atomic mass is 9.94. The second-order valence-electron chi connectivity index (χ2n) is 7.92. The number of nitrogens with zero attached hydrogens (tertiary/aromatic N) is 5. The Morgan fingerprint density at radius 3 is 2.81 bits per heavy atom. The first-order valence-corrected chi connectivity index (χ1v) is 9.33. The van der Waals surface area contributed by atoms with Crippen molar-refractivity contribution in [2.75, 3.05) is 19.6 Å². The molecule has 1 saturated heterocycles. The van der Waals surface area contributed by atoms with E-state index in [0.29, 0.717) is 18.4 Å². The molecule has 1 aliphatic rings. The molecule has 3 heterocycles. The second-order valence-corrected chi connectivity index (χ2v) is 7.92. The zero-order valence-corrected chi connectivity index (χ0v) is 16.5. The molecule has 0 bridgehead atoms. The van der Waals surface area contributed by atoms with Gasteiger partial charge in [-0.2, -0.15) is 5.10 Å². The average Bonchev–Trinajstić information content (AvgIpc) is 3.30. The zero-order valence-electron chi connectivity index (χ0n) is 16.5. The van der Waals surface area contributed by atoms with Crippen LogP contribution in [-0.4, -0.2) is 45.3 Å². The molecular formula is C19H30N6O. The van der Waals surface area contributed by atoms with E-state index in [1.807, 2.05) is 24.1 Å². The van der Waals surface area contributed by atoms with E-state index in [-0.39, 0.29) is 5.41 Å². The van der Waals surface area contributed by atoms with Gasteiger partial charge >= 0.3 is 0 Å². The summed E-state index contributed by atoms with van der Waals surface area (Å²) < 4.78 is 7.72. The molecule has 3 rings (SSSR count). The van der Waals surface area contributed by atoms with Gasteiger partial charge in [-0.05, 0) is 18.9 Å². The van der Waals surface area contributed by atoms with Crippen molar-refractivity contribution in [3.63, 3.8) is 0 Å². The molecule has 7 nitrogen and oxygen atoms in total. The van der Waals surface area contributed by atoms with Crippen LogP contribution >= 0.6 is 0 Å². The Kier molecular flexibility index (Phi) is 5.34. The predicted octanol–water partition coefficient (Wildman–Crippen LogP) is 2.66. The van der Waals surface area contributed by atoms with E-state index in [4.69, 9.17) is 9.41 Å². The molecule has 142 valence electrons. The van der Waals surface area contributed by atoms with Gasteiger partial charge < -0.3 is 14.6 Å². The minimum atomic E-state index is -0.0364. The lowest BCUT2D eigenvalue weighted by molar-refractivity contribution is 0.382. The molecule has 0 amide bonds. The lowest BCUT2D eigenvalue weighted by Crippen LogP contribution is -2.40. The van der Waals surface area contributed by atoms with Gasteiger partial charge in [0.25, 0.3) is 0 Å². The van der Waals surface area contributed by atoms with E-state index < -0.39 is 0 Å². The number of nitrogens with one attached hydrogen (secondary N) is 1. The van der Waals surface area contributed by atoms with E-state index in [1.165, 1.54) is 5.56 Å². The Morgan fingerprint density at radius 1 is 1.38 bits per heavy atom. The number of aliphatic imine (C=N–C) groups is 1. The summed E-state index contributed by atoms with van der Waals surface area (Å²) >= 11 is 0. The number of hydrogen-bond acceptors (Lipinski definition) is 4. The predicted molar refractivity (Wildman–Crippen MR) is 102 cm³/mol. The van der Waals surface area contributed by atoms with Crippen LogP contribution in [0.25, 0.3) is 0 Å². The second kappa shape index (κ2) is 7.51. The number of aromatic nitrogens is 3. The fourth-order valence-electron chi connectivity index (χ4n) is 3.17. The van der Waals surface area contributed by atoms with E-state index >= 15 is 0 Å². The largest absolute Gasteiger partial charge is 0.443 e. The molecule has 1 aliphatic heterocycles. The Labute approximate surface area is 155 Å². The van der Waals surface area contributed by atoms with Crippen molar-refractivity contribution in [3.05, 3.63) is 35.8 Å². The van der Waals surface area contributed by atoms with Crippen LogP contribution in [0.15, 0.2) is 28.0 Å². The van der Waals surface area contributed by atoms with Gasteiger partial charge in [-0.25, -0.2) is 9.98 Å². The van der Waals surface area contributed by atoms with Crippen molar-refractivity contribution in [1.82, 2.24) is 25.0 Å². The normalized spacial score (nSPS) is 18.6. The first kappa shape index (κ1) is 18.5. The molecule has 0 radical (unpaired) electrons. The molecule has 1 N–H and O–H groups in total. The summed E-state index contributed by atoms with van der Waals surface area (Å²) in [5, 5.41) is 7.69. The van der Waals surface area contributed by atoms with Gasteiger partial charge in [0.05, 0.1) is 12.4 Å². The fraction of sp³-hybridized carbons (Fsp3) is 0.632. The van der Waals surface area contributed by atoms with Gasteiger partial charge in [-0.3, -0.25) is 4.68 Å². The van der Waals surface area contributed by atoms with Crippen LogP contribution < -0.4 is 5.32 Å². The van der Waals surface area contributed by atoms with Crippen LogP contribution in [0.1, 0.15) is 57.2 Å². The van der Waals surface area contributed by atoms with Gasteiger partial charge in [0.2, 0.25) is 5.89 Å². The molecule has 0 aromatic carbocycles. The van der Waals surface area contributed by atoms with Crippen molar-refractivity contribution in [2.45, 2.75) is 52.0 Å². The Morgan fingerprint density at radius 2 is 2.19 bits per heavy atom. The third-order valence-electron chi connectivity index (χ3n) is 4.68. The van der Waals surface area contributed by atoms with Crippen LogP contribution in [0.3, 0.4) is 0 Å². The standard InChI is InChI=1S/C19H30N6O/c1-6-20-18(22-11-17-21-10-16(26-17)19(2,3)4)25-8-7-14(13-25)15-9-23-24(5)12-15/h9-10,12,14H,6-8,11,13H2,1-5H3,(H,20,22). The van der Waals surface area contributed by atoms with Crippen LogP contribution in [0.4, 0.5) is 0 Å². The fourth-order valence-corrected chi connectivity index (χ4v) is 3.17. The third-order valence-corrected chi connectivity index (χ3v) is 4.68. The summed E-state index contributed by atoms with van der Waals surface area (Å²) in [7, 11) is 1.96. The number of rotatable bonds is 4. The number of hydrogen-bond donors (Lipinski definition) is 1. The van der Waals surface area contributed by atoms with Gasteiger partial charge in [-0.1, -0.05) is 20.8 Å². The van der Waals surface area contributed by atoms with Crippen molar-refractivity contribution < 1.29 is 4.42 Å². The first-order chi connectivity index (χ1) is 12.4. The van der Waals surface area contributed by atoms with Gasteiger partial charge in [-0.15, -0.1) is 0 Å². The maximum absolute atomic E-state index is 5.86. The number of oxazole rings is 1. The van der Waals surface area contributed by atoms with Crippen molar-refractivity contribution in [3.8, 4) is 0 Å². The molecular weight excluding hydrogens is 328 g/mol. The molecule has 26 heavy (non-hydrogen) atoms. The smallest absolute Gasteiger partial charge is 0.216 e. The van der Waals surface area contributed by atoms with Crippen molar-refractivity contribution >= 4 is 5.96 Å². The van der Waals surface area contributed by atoms with Crippen molar-refractivity contribution in [2.24, 2.45) is 12.0 Å². The number of aryl methyl sites for hydroxylation is 1. The minimum absolute atomic E-state index is 0.0364. The molecule has 1 unspecified atom stereocenters. The number of likely N-dealkylation sites (tertiary alicyclic amines) is 1. The molecule has 7 heteroatoms. The summed E-state index contributed by atoms with van der Waals surface area (Å²) in [5.74, 6) is 2.98. The topological polar surface area (TPSA) is 71.5 Å². The van der Waals surface area contributed by atoms with E-state index in [0.717, 1.165) is 37.8 Å². The lowest BCUT2D eigenvalue weighted by Gasteiger charge is -2.21. The number of guanidine groups is 1. The highest BCUT2D eigenvalue weighted by molar-refractivity contribution is 5.80. The summed E-state index contributed by atoms with van der Waals surface area (Å²) in [6, 6.07) is 0. The molecule has 1 atom stereocenters. The Balaban J connectivity index is 1.67. The van der Waals surface area contributed by atoms with Crippen LogP contribution in [0, 0.1) is 0 Å². The summed E-state index contributed by atoms with van der Waals surface area (Å²) in [6.45, 7) is 11.7. The van der Waals surface area contributed by atoms with Crippen LogP contribution in [-0.2, 0) is 19.0 Å². The van der Waals surface area contributed by atoms with Crippen LogP contribution in [0.5, 0.6) is 0 Å². The summed E-state index contributed by atoms with van der Waals surface area (Å²) in [6.07, 6.45) is 7.01. The summed E-state index contributed by atoms with van der Waals surface area (Å²) in [4.78, 5) is 11.4. The zero-order chi connectivity index (χ0) is 18.7. The maximum atomic E-state index is 5.86. The van der Waals surface area contributed by atoms with E-state index in [9.17, 15) is 0 Å². The Bertz CT molecular complexity index is 754. The Hall–Kier alpha value is -2.31. The molecule has 0 spiro atoms. The van der Waals surface area contributed by atoms with Crippen LogP contribution in [0.2, 0.25) is 0 Å². The van der Waals surface area contributed by atoms with Crippen molar-refractivity contribution in [1.29, 1.82) is 0 Å². The highest BCUT2D eigenvalue weighted by Gasteiger charge is 2.27. The quantitative estimate of drug-likeness (QED) is 0.672. The molecule has 2 aromatic rings. The third kappa shape index (κ3) is 4.26. The summed E-state index contributed by atoms with van der Waals surface area (Å²) in [5.41, 5.74) is 1.26. The highest BCUT2D eigenvalue weighted by Crippen LogP contribution is 2.27. The highest BCUT2D eigenvalue weighted by atomic mass is 16.4. The minimum Gasteiger partial charge on any atom is -0.443 e. The first-order valence-electron chi connectivity index (χ1n) is 9.33. The maximum Gasteiger partial charge on any atom is 0.216 e. The van der Waals surface area contributed by atoms with Gasteiger partial charge in [0.15, 0.2) is 5.96 Å². The molecule has 1 fully saturated rings. The van der Waals surface area contributed by atoms with Gasteiger partial charge in [0, 0.05) is 44.2 Å². The molecule has 2 aromatic heterocycles. The average molecular weight is 358 g/mol. The van der Waals surface area contributed by atoms with Gasteiger partial charge in [0.1, 0.15) is 12.3 Å². The molecule has 0 aliphatic carbocycles. The SMILES string of the molecule is CCNC(=NCc1ncc(C(C)(C)C)o1)N1CCC(c2cnn(C)c2)C1. The monoisotopic (exact) mass is 358 g/mol. The van der Waals surface area contributed by atoms with E-state index in [2.05, 4.69) is 54.2 Å². The van der Waals surface area contributed by atoms with E-state index in [1.54, 1.807) is 0 Å².